The maximum Gasteiger partial charge on any atom is 0.269 e. The van der Waals surface area contributed by atoms with E-state index in [9.17, 15) is 10.1 Å². The van der Waals surface area contributed by atoms with E-state index in [2.05, 4.69) is 25.6 Å². The number of hydrogen-bond donors (Lipinski definition) is 3. The zero-order valence-corrected chi connectivity index (χ0v) is 15.1. The van der Waals surface area contributed by atoms with Crippen molar-refractivity contribution in [2.24, 2.45) is 0 Å². The molecule has 0 atom stereocenters. The number of non-ortho nitro benzene ring substituents is 1. The van der Waals surface area contributed by atoms with Crippen molar-refractivity contribution in [2.45, 2.75) is 13.0 Å². The topological polar surface area (TPSA) is 126 Å². The predicted octanol–water partition coefficient (Wildman–Crippen LogP) is 2.85. The third kappa shape index (κ3) is 5.21. The molecule has 0 spiro atoms. The molecule has 9 heteroatoms. The van der Waals surface area contributed by atoms with Crippen LogP contribution in [0.25, 0.3) is 11.3 Å². The monoisotopic (exact) mass is 380 g/mol. The lowest BCUT2D eigenvalue weighted by Crippen LogP contribution is -2.10. The second kappa shape index (κ2) is 9.38. The number of nitrogens with one attached hydrogen (secondary N) is 2. The summed E-state index contributed by atoms with van der Waals surface area (Å²) in [6.45, 7) is 1.10. The van der Waals surface area contributed by atoms with Gasteiger partial charge < -0.3 is 15.7 Å². The van der Waals surface area contributed by atoms with Crippen LogP contribution in [0.3, 0.4) is 0 Å². The average Bonchev–Trinajstić information content (AvgIpc) is 2.73. The molecule has 9 nitrogen and oxygen atoms in total. The van der Waals surface area contributed by atoms with Crippen LogP contribution in [0.5, 0.6) is 0 Å². The molecule has 0 fully saturated rings. The summed E-state index contributed by atoms with van der Waals surface area (Å²) in [6.07, 6.45) is 3.98. The van der Waals surface area contributed by atoms with Gasteiger partial charge in [0.15, 0.2) is 0 Å². The predicted molar refractivity (Wildman–Crippen MR) is 106 cm³/mol. The van der Waals surface area contributed by atoms with Crippen LogP contribution in [0.1, 0.15) is 12.0 Å². The minimum absolute atomic E-state index is 0.0566. The molecule has 0 saturated carbocycles. The highest BCUT2D eigenvalue weighted by atomic mass is 16.6. The van der Waals surface area contributed by atoms with E-state index in [-0.39, 0.29) is 12.3 Å². The summed E-state index contributed by atoms with van der Waals surface area (Å²) in [5.74, 6) is 1.07. The first-order valence-electron chi connectivity index (χ1n) is 8.77. The summed E-state index contributed by atoms with van der Waals surface area (Å²) in [4.78, 5) is 23.3. The highest BCUT2D eigenvalue weighted by Gasteiger charge is 2.08. The van der Waals surface area contributed by atoms with Crippen LogP contribution in [0, 0.1) is 10.1 Å². The van der Waals surface area contributed by atoms with E-state index in [1.54, 1.807) is 24.5 Å². The Hall–Kier alpha value is -3.59. The summed E-state index contributed by atoms with van der Waals surface area (Å²) in [5.41, 5.74) is 2.58. The van der Waals surface area contributed by atoms with Gasteiger partial charge in [0.05, 0.1) is 10.6 Å². The van der Waals surface area contributed by atoms with Gasteiger partial charge in [-0.05, 0) is 24.1 Å². The Morgan fingerprint density at radius 1 is 1.04 bits per heavy atom. The molecule has 0 saturated heterocycles. The van der Waals surface area contributed by atoms with Crippen molar-refractivity contribution >= 4 is 17.5 Å². The maximum atomic E-state index is 10.8. The van der Waals surface area contributed by atoms with E-state index >= 15 is 0 Å². The summed E-state index contributed by atoms with van der Waals surface area (Å²) in [7, 11) is 0. The fourth-order valence-electron chi connectivity index (χ4n) is 2.49. The Balaban J connectivity index is 1.78. The summed E-state index contributed by atoms with van der Waals surface area (Å²) in [5, 5.41) is 26.0. The Labute approximate surface area is 161 Å². The van der Waals surface area contributed by atoms with Crippen LogP contribution in [-0.4, -0.2) is 38.1 Å². The molecule has 0 aliphatic carbocycles. The molecule has 3 aromatic rings. The Morgan fingerprint density at radius 3 is 2.46 bits per heavy atom. The standard InChI is InChI=1S/C19H20N6O3/c26-11-1-8-21-19-23-17(15-6-9-20-10-7-15)12-18(24-19)22-13-14-2-4-16(5-3-14)25(27)28/h2-7,9-10,12,26H,1,8,11,13H2,(H2,21,22,23,24). The van der Waals surface area contributed by atoms with E-state index in [0.717, 1.165) is 16.8 Å². The van der Waals surface area contributed by atoms with Crippen LogP contribution in [0.15, 0.2) is 54.9 Å². The first kappa shape index (κ1) is 19.2. The third-order valence-corrected chi connectivity index (χ3v) is 3.94. The Kier molecular flexibility index (Phi) is 6.42. The van der Waals surface area contributed by atoms with Crippen LogP contribution in [-0.2, 0) is 6.54 Å². The fourth-order valence-corrected chi connectivity index (χ4v) is 2.49. The first-order chi connectivity index (χ1) is 13.7. The molecule has 0 amide bonds. The molecule has 3 rings (SSSR count). The molecule has 2 aromatic heterocycles. The van der Waals surface area contributed by atoms with Gasteiger partial charge in [-0.15, -0.1) is 0 Å². The van der Waals surface area contributed by atoms with E-state index in [4.69, 9.17) is 5.11 Å². The number of aliphatic hydroxyl groups excluding tert-OH is 1. The largest absolute Gasteiger partial charge is 0.396 e. The van der Waals surface area contributed by atoms with Crippen LogP contribution in [0.2, 0.25) is 0 Å². The summed E-state index contributed by atoms with van der Waals surface area (Å²) < 4.78 is 0. The van der Waals surface area contributed by atoms with Crippen LogP contribution < -0.4 is 10.6 Å². The molecule has 0 aliphatic rings. The van der Waals surface area contributed by atoms with Crippen molar-refractivity contribution in [1.29, 1.82) is 0 Å². The molecular formula is C19H20N6O3. The second-order valence-corrected chi connectivity index (χ2v) is 5.98. The smallest absolute Gasteiger partial charge is 0.269 e. The van der Waals surface area contributed by atoms with Crippen molar-refractivity contribution in [3.63, 3.8) is 0 Å². The number of anilines is 2. The molecule has 0 bridgehead atoms. The van der Waals surface area contributed by atoms with Crippen LogP contribution in [0.4, 0.5) is 17.5 Å². The highest BCUT2D eigenvalue weighted by Crippen LogP contribution is 2.21. The normalized spacial score (nSPS) is 10.5. The molecule has 28 heavy (non-hydrogen) atoms. The van der Waals surface area contributed by atoms with Gasteiger partial charge in [-0.2, -0.15) is 4.98 Å². The number of benzene rings is 1. The molecule has 3 N–H and O–H groups in total. The lowest BCUT2D eigenvalue weighted by molar-refractivity contribution is -0.384. The molecule has 0 unspecified atom stereocenters. The Bertz CT molecular complexity index is 919. The van der Waals surface area contributed by atoms with Gasteiger partial charge in [-0.1, -0.05) is 12.1 Å². The number of nitro groups is 1. The van der Waals surface area contributed by atoms with Gasteiger partial charge in [-0.25, -0.2) is 4.98 Å². The van der Waals surface area contributed by atoms with E-state index in [1.807, 2.05) is 18.2 Å². The number of nitro benzene ring substituents is 1. The van der Waals surface area contributed by atoms with Gasteiger partial charge in [0.1, 0.15) is 5.82 Å². The van der Waals surface area contributed by atoms with Crippen molar-refractivity contribution < 1.29 is 10.0 Å². The van der Waals surface area contributed by atoms with Gasteiger partial charge in [0.25, 0.3) is 5.69 Å². The summed E-state index contributed by atoms with van der Waals surface area (Å²) >= 11 is 0. The van der Waals surface area contributed by atoms with Crippen LogP contribution >= 0.6 is 0 Å². The number of nitrogens with zero attached hydrogens (tertiary/aromatic N) is 4. The minimum atomic E-state index is -0.424. The second-order valence-electron chi connectivity index (χ2n) is 5.98. The fraction of sp³-hybridized carbons (Fsp3) is 0.211. The molecule has 144 valence electrons. The molecule has 2 heterocycles. The average molecular weight is 380 g/mol. The van der Waals surface area contributed by atoms with Crippen molar-refractivity contribution in [3.05, 3.63) is 70.5 Å². The lowest BCUT2D eigenvalue weighted by Gasteiger charge is -2.11. The number of hydrogen-bond acceptors (Lipinski definition) is 8. The van der Waals surface area contributed by atoms with Gasteiger partial charge in [0, 0.05) is 55.9 Å². The minimum Gasteiger partial charge on any atom is -0.396 e. The summed E-state index contributed by atoms with van der Waals surface area (Å²) in [6, 6.07) is 11.9. The molecule has 0 radical (unpaired) electrons. The quantitative estimate of drug-likeness (QED) is 0.294. The van der Waals surface area contributed by atoms with E-state index in [1.165, 1.54) is 12.1 Å². The first-order valence-corrected chi connectivity index (χ1v) is 8.77. The zero-order valence-electron chi connectivity index (χ0n) is 15.1. The molecular weight excluding hydrogens is 360 g/mol. The molecule has 0 aliphatic heterocycles. The number of rotatable bonds is 9. The van der Waals surface area contributed by atoms with Crippen molar-refractivity contribution in [3.8, 4) is 11.3 Å². The number of pyridine rings is 1. The number of aromatic nitrogens is 3. The van der Waals surface area contributed by atoms with Crippen molar-refractivity contribution in [2.75, 3.05) is 23.8 Å². The Morgan fingerprint density at radius 2 is 1.79 bits per heavy atom. The van der Waals surface area contributed by atoms with Gasteiger partial charge >= 0.3 is 0 Å². The molecule has 1 aromatic carbocycles. The third-order valence-electron chi connectivity index (χ3n) is 3.94. The SMILES string of the molecule is O=[N+]([O-])c1ccc(CNc2cc(-c3ccncc3)nc(NCCCO)n2)cc1. The zero-order chi connectivity index (χ0) is 19.8. The van der Waals surface area contributed by atoms with E-state index < -0.39 is 4.92 Å². The lowest BCUT2D eigenvalue weighted by atomic mass is 10.2. The van der Waals surface area contributed by atoms with E-state index in [0.29, 0.717) is 31.3 Å². The van der Waals surface area contributed by atoms with Gasteiger partial charge in [-0.3, -0.25) is 15.1 Å². The van der Waals surface area contributed by atoms with Crippen molar-refractivity contribution in [1.82, 2.24) is 15.0 Å². The maximum absolute atomic E-state index is 10.8. The number of aliphatic hydroxyl groups is 1. The highest BCUT2D eigenvalue weighted by molar-refractivity contribution is 5.63. The van der Waals surface area contributed by atoms with Gasteiger partial charge in [0.2, 0.25) is 5.95 Å².